The smallest absolute Gasteiger partial charge is 0.337 e. The summed E-state index contributed by atoms with van der Waals surface area (Å²) in [5.41, 5.74) is 7.34. The number of ether oxygens (including phenoxy) is 1. The standard InChI is InChI=1S/C22H16BrN3O4/c1-11-16(19(27)29-10-12-5-3-2-4-6-12)22(20(28)25-11)15-9-13(23)7-8-14(15)17-18(22)26-21(24)30-17/h2-9H,10H2,1H3,(H2,24,26)(H,25,28)/t22-/m1/s1. The number of carbonyl (C=O) groups is 2. The molecule has 150 valence electrons. The van der Waals surface area contributed by atoms with Gasteiger partial charge in [0, 0.05) is 15.7 Å². The number of esters is 1. The van der Waals surface area contributed by atoms with Crippen LogP contribution in [0.2, 0.25) is 0 Å². The number of amides is 1. The maximum Gasteiger partial charge on any atom is 0.337 e. The zero-order valence-corrected chi connectivity index (χ0v) is 17.4. The largest absolute Gasteiger partial charge is 0.457 e. The molecule has 0 fully saturated rings. The Balaban J connectivity index is 1.65. The monoisotopic (exact) mass is 465 g/mol. The van der Waals surface area contributed by atoms with Crippen molar-refractivity contribution in [3.63, 3.8) is 0 Å². The zero-order valence-electron chi connectivity index (χ0n) is 15.9. The van der Waals surface area contributed by atoms with Crippen LogP contribution in [-0.2, 0) is 26.3 Å². The van der Waals surface area contributed by atoms with Gasteiger partial charge in [-0.3, -0.25) is 4.79 Å². The number of aromatic nitrogens is 1. The molecule has 2 aliphatic rings. The second-order valence-corrected chi connectivity index (χ2v) is 8.10. The summed E-state index contributed by atoms with van der Waals surface area (Å²) in [4.78, 5) is 30.9. The molecule has 1 aromatic heterocycles. The highest BCUT2D eigenvalue weighted by atomic mass is 79.9. The Kier molecular flexibility index (Phi) is 4.08. The van der Waals surface area contributed by atoms with Gasteiger partial charge in [0.15, 0.2) is 11.2 Å². The Hall–Kier alpha value is -3.39. The van der Waals surface area contributed by atoms with Gasteiger partial charge in [0.2, 0.25) is 5.91 Å². The summed E-state index contributed by atoms with van der Waals surface area (Å²) in [6.07, 6.45) is 0. The van der Waals surface area contributed by atoms with Crippen LogP contribution in [0.5, 0.6) is 0 Å². The van der Waals surface area contributed by atoms with E-state index in [0.717, 1.165) is 10.0 Å². The predicted molar refractivity (Wildman–Crippen MR) is 112 cm³/mol. The van der Waals surface area contributed by atoms with Crippen molar-refractivity contribution in [1.82, 2.24) is 10.3 Å². The Labute approximate surface area is 180 Å². The van der Waals surface area contributed by atoms with Gasteiger partial charge in [0.25, 0.3) is 6.01 Å². The maximum absolute atomic E-state index is 13.3. The number of hydrogen-bond donors (Lipinski definition) is 2. The quantitative estimate of drug-likeness (QED) is 0.573. The molecule has 0 unspecified atom stereocenters. The van der Waals surface area contributed by atoms with Crippen LogP contribution in [0.15, 0.2) is 68.7 Å². The normalized spacial score (nSPS) is 19.1. The number of fused-ring (bicyclic) bond motifs is 5. The number of allylic oxidation sites excluding steroid dienone is 1. The highest BCUT2D eigenvalue weighted by Gasteiger charge is 2.61. The SMILES string of the molecule is CC1=C(C(=O)OCc2ccccc2)[C@]2(C(=O)N1)c1cc(Br)ccc1-c1oc(N)nc12. The summed E-state index contributed by atoms with van der Waals surface area (Å²) >= 11 is 3.46. The molecule has 3 aromatic rings. The first kappa shape index (κ1) is 18.6. The third kappa shape index (κ3) is 2.46. The predicted octanol–water partition coefficient (Wildman–Crippen LogP) is 3.43. The number of rotatable bonds is 3. The highest BCUT2D eigenvalue weighted by Crippen LogP contribution is 2.56. The van der Waals surface area contributed by atoms with Crippen LogP contribution >= 0.6 is 15.9 Å². The second-order valence-electron chi connectivity index (χ2n) is 7.19. The second kappa shape index (κ2) is 6.56. The van der Waals surface area contributed by atoms with E-state index < -0.39 is 17.3 Å². The van der Waals surface area contributed by atoms with Crippen molar-refractivity contribution < 1.29 is 18.7 Å². The first-order valence-electron chi connectivity index (χ1n) is 9.24. The molecule has 3 N–H and O–H groups in total. The molecule has 1 atom stereocenters. The van der Waals surface area contributed by atoms with Crippen molar-refractivity contribution in [3.05, 3.63) is 81.1 Å². The fourth-order valence-corrected chi connectivity index (χ4v) is 4.59. The Morgan fingerprint density at radius 3 is 2.80 bits per heavy atom. The summed E-state index contributed by atoms with van der Waals surface area (Å²) < 4.78 is 12.0. The van der Waals surface area contributed by atoms with Gasteiger partial charge >= 0.3 is 5.97 Å². The summed E-state index contributed by atoms with van der Waals surface area (Å²) in [5.74, 6) is -0.610. The van der Waals surface area contributed by atoms with E-state index in [9.17, 15) is 9.59 Å². The summed E-state index contributed by atoms with van der Waals surface area (Å²) in [6, 6.07) is 14.7. The van der Waals surface area contributed by atoms with E-state index in [4.69, 9.17) is 14.9 Å². The van der Waals surface area contributed by atoms with Crippen molar-refractivity contribution in [2.45, 2.75) is 18.9 Å². The summed E-state index contributed by atoms with van der Waals surface area (Å²) in [7, 11) is 0. The van der Waals surface area contributed by atoms with Crippen molar-refractivity contribution in [2.75, 3.05) is 5.73 Å². The average molecular weight is 466 g/mol. The van der Waals surface area contributed by atoms with Crippen LogP contribution in [0.3, 0.4) is 0 Å². The first-order valence-corrected chi connectivity index (χ1v) is 10.0. The molecule has 8 heteroatoms. The molecule has 0 saturated carbocycles. The number of nitrogens with zero attached hydrogens (tertiary/aromatic N) is 1. The molecule has 5 rings (SSSR count). The fraction of sp³-hybridized carbons (Fsp3) is 0.136. The first-order chi connectivity index (χ1) is 14.4. The lowest BCUT2D eigenvalue weighted by atomic mass is 9.75. The average Bonchev–Trinajstić information content (AvgIpc) is 3.31. The number of oxazole rings is 1. The van der Waals surface area contributed by atoms with Gasteiger partial charge in [0.1, 0.15) is 12.3 Å². The fourth-order valence-electron chi connectivity index (χ4n) is 4.23. The van der Waals surface area contributed by atoms with Gasteiger partial charge in [-0.15, -0.1) is 0 Å². The van der Waals surface area contributed by atoms with Crippen LogP contribution in [0.4, 0.5) is 6.01 Å². The summed E-state index contributed by atoms with van der Waals surface area (Å²) in [5, 5.41) is 2.79. The van der Waals surface area contributed by atoms with E-state index in [1.165, 1.54) is 0 Å². The third-order valence-electron chi connectivity index (χ3n) is 5.44. The lowest BCUT2D eigenvalue weighted by Crippen LogP contribution is -2.40. The van der Waals surface area contributed by atoms with Gasteiger partial charge in [-0.1, -0.05) is 46.3 Å². The van der Waals surface area contributed by atoms with E-state index in [1.807, 2.05) is 42.5 Å². The van der Waals surface area contributed by atoms with Gasteiger partial charge in [0.05, 0.1) is 5.57 Å². The van der Waals surface area contributed by atoms with E-state index in [-0.39, 0.29) is 18.2 Å². The van der Waals surface area contributed by atoms with Crippen LogP contribution < -0.4 is 11.1 Å². The minimum Gasteiger partial charge on any atom is -0.457 e. The molecule has 2 aromatic carbocycles. The van der Waals surface area contributed by atoms with Gasteiger partial charge in [-0.05, 0) is 36.2 Å². The number of nitrogen functional groups attached to an aromatic ring is 1. The Morgan fingerprint density at radius 1 is 1.27 bits per heavy atom. The van der Waals surface area contributed by atoms with Crippen LogP contribution in [0.25, 0.3) is 11.3 Å². The number of nitrogens with one attached hydrogen (secondary N) is 1. The molecule has 0 saturated heterocycles. The van der Waals surface area contributed by atoms with E-state index in [2.05, 4.69) is 26.2 Å². The van der Waals surface area contributed by atoms with Crippen molar-refractivity contribution in [2.24, 2.45) is 0 Å². The molecule has 7 nitrogen and oxygen atoms in total. The molecule has 2 heterocycles. The Morgan fingerprint density at radius 2 is 2.03 bits per heavy atom. The van der Waals surface area contributed by atoms with E-state index in [0.29, 0.717) is 28.3 Å². The number of carbonyl (C=O) groups excluding carboxylic acids is 2. The van der Waals surface area contributed by atoms with Crippen molar-refractivity contribution >= 4 is 33.8 Å². The number of nitrogens with two attached hydrogens (primary N) is 1. The van der Waals surface area contributed by atoms with Gasteiger partial charge in [-0.2, -0.15) is 4.98 Å². The Bertz CT molecular complexity index is 1250. The molecule has 1 amide bonds. The van der Waals surface area contributed by atoms with Crippen molar-refractivity contribution in [1.29, 1.82) is 0 Å². The van der Waals surface area contributed by atoms with Crippen LogP contribution in [0, 0.1) is 0 Å². The molecule has 0 bridgehead atoms. The minimum atomic E-state index is -1.48. The zero-order chi connectivity index (χ0) is 21.0. The molecular formula is C22H16BrN3O4. The van der Waals surface area contributed by atoms with Crippen LogP contribution in [-0.4, -0.2) is 16.9 Å². The summed E-state index contributed by atoms with van der Waals surface area (Å²) in [6.45, 7) is 1.75. The lowest BCUT2D eigenvalue weighted by molar-refractivity contribution is -0.141. The van der Waals surface area contributed by atoms with E-state index >= 15 is 0 Å². The molecular weight excluding hydrogens is 450 g/mol. The number of benzene rings is 2. The highest BCUT2D eigenvalue weighted by molar-refractivity contribution is 9.10. The van der Waals surface area contributed by atoms with E-state index in [1.54, 1.807) is 13.0 Å². The number of anilines is 1. The van der Waals surface area contributed by atoms with Crippen LogP contribution in [0.1, 0.15) is 23.7 Å². The van der Waals surface area contributed by atoms with Gasteiger partial charge in [-0.25, -0.2) is 4.79 Å². The van der Waals surface area contributed by atoms with Gasteiger partial charge < -0.3 is 20.2 Å². The van der Waals surface area contributed by atoms with Crippen molar-refractivity contribution in [3.8, 4) is 11.3 Å². The molecule has 1 aliphatic heterocycles. The molecule has 30 heavy (non-hydrogen) atoms. The molecule has 0 radical (unpaired) electrons. The number of hydrogen-bond acceptors (Lipinski definition) is 6. The third-order valence-corrected chi connectivity index (χ3v) is 5.93. The minimum absolute atomic E-state index is 0.0673. The topological polar surface area (TPSA) is 107 Å². The molecule has 1 spiro atoms. The molecule has 1 aliphatic carbocycles. The maximum atomic E-state index is 13.3. The number of halogens is 1. The lowest BCUT2D eigenvalue weighted by Gasteiger charge is -2.24.